The predicted molar refractivity (Wildman–Crippen MR) is 69.1 cm³/mol. The number of aryl methyl sites for hydroxylation is 1. The maximum atomic E-state index is 13.2. The van der Waals surface area contributed by atoms with Crippen LogP contribution in [0.25, 0.3) is 10.9 Å². The van der Waals surface area contributed by atoms with Crippen molar-refractivity contribution >= 4 is 10.9 Å². The van der Waals surface area contributed by atoms with Crippen molar-refractivity contribution in [1.29, 1.82) is 0 Å². The van der Waals surface area contributed by atoms with Crippen LogP contribution in [0.15, 0.2) is 29.1 Å². The van der Waals surface area contributed by atoms with E-state index in [4.69, 9.17) is 0 Å². The molecular weight excluding hydrogens is 231 g/mol. The van der Waals surface area contributed by atoms with E-state index in [1.165, 1.54) is 16.7 Å². The van der Waals surface area contributed by atoms with Crippen LogP contribution in [0.5, 0.6) is 0 Å². The number of rotatable bonds is 1. The predicted octanol–water partition coefficient (Wildman–Crippen LogP) is 2.10. The molecule has 0 bridgehead atoms. The van der Waals surface area contributed by atoms with Crippen molar-refractivity contribution in [3.05, 3.63) is 46.0 Å². The monoisotopic (exact) mass is 246 g/mol. The van der Waals surface area contributed by atoms with Crippen molar-refractivity contribution in [1.82, 2.24) is 9.88 Å². The number of hydrogen-bond donors (Lipinski definition) is 1. The highest BCUT2D eigenvalue weighted by Crippen LogP contribution is 2.23. The second kappa shape index (κ2) is 4.21. The van der Waals surface area contributed by atoms with Crippen LogP contribution >= 0.6 is 0 Å². The molecule has 4 heteroatoms. The van der Waals surface area contributed by atoms with Crippen molar-refractivity contribution in [2.45, 2.75) is 18.9 Å². The molecule has 1 atom stereocenters. The molecule has 94 valence electrons. The highest BCUT2D eigenvalue weighted by molar-refractivity contribution is 5.79. The summed E-state index contributed by atoms with van der Waals surface area (Å²) in [7, 11) is 1.70. The average Bonchev–Trinajstić information content (AvgIpc) is 2.88. The standard InChI is InChI=1S/C14H15FN2O/c1-17-13-8-10(15)5-4-9(13)7-11(14(17)18)12-3-2-6-16-12/h4-5,7-8,12,16H,2-3,6H2,1H3. The third-order valence-electron chi connectivity index (χ3n) is 3.65. The molecule has 1 aliphatic rings. The molecular formula is C14H15FN2O. The molecule has 1 unspecified atom stereocenters. The SMILES string of the molecule is Cn1c(=O)c(C2CCCN2)cc2ccc(F)cc21. The Morgan fingerprint density at radius 3 is 2.94 bits per heavy atom. The van der Waals surface area contributed by atoms with Gasteiger partial charge in [0.2, 0.25) is 0 Å². The average molecular weight is 246 g/mol. The van der Waals surface area contributed by atoms with E-state index in [0.29, 0.717) is 5.52 Å². The molecule has 1 saturated heterocycles. The van der Waals surface area contributed by atoms with E-state index in [9.17, 15) is 9.18 Å². The number of nitrogens with one attached hydrogen (secondary N) is 1. The smallest absolute Gasteiger partial charge is 0.255 e. The van der Waals surface area contributed by atoms with Gasteiger partial charge in [-0.15, -0.1) is 0 Å². The molecule has 0 radical (unpaired) electrons. The van der Waals surface area contributed by atoms with E-state index in [1.807, 2.05) is 6.07 Å². The normalized spacial score (nSPS) is 19.6. The first kappa shape index (κ1) is 11.4. The Labute approximate surface area is 104 Å². The topological polar surface area (TPSA) is 34.0 Å². The molecule has 0 aliphatic carbocycles. The summed E-state index contributed by atoms with van der Waals surface area (Å²) in [6, 6.07) is 6.59. The van der Waals surface area contributed by atoms with Gasteiger partial charge in [0.1, 0.15) is 5.82 Å². The third-order valence-corrected chi connectivity index (χ3v) is 3.65. The first-order chi connectivity index (χ1) is 8.66. The summed E-state index contributed by atoms with van der Waals surface area (Å²) in [6.45, 7) is 0.954. The number of pyridine rings is 1. The largest absolute Gasteiger partial charge is 0.311 e. The highest BCUT2D eigenvalue weighted by Gasteiger charge is 2.20. The van der Waals surface area contributed by atoms with Gasteiger partial charge < -0.3 is 9.88 Å². The zero-order chi connectivity index (χ0) is 12.7. The number of nitrogens with zero attached hydrogens (tertiary/aromatic N) is 1. The van der Waals surface area contributed by atoms with E-state index in [2.05, 4.69) is 5.32 Å². The zero-order valence-corrected chi connectivity index (χ0v) is 10.2. The van der Waals surface area contributed by atoms with Gasteiger partial charge in [-0.05, 0) is 49.0 Å². The number of halogens is 1. The zero-order valence-electron chi connectivity index (χ0n) is 10.2. The molecule has 1 aromatic heterocycles. The van der Waals surface area contributed by atoms with Gasteiger partial charge in [-0.2, -0.15) is 0 Å². The minimum absolute atomic E-state index is 0.0347. The summed E-state index contributed by atoms with van der Waals surface area (Å²) < 4.78 is 14.8. The fraction of sp³-hybridized carbons (Fsp3) is 0.357. The molecule has 2 heterocycles. The van der Waals surface area contributed by atoms with Gasteiger partial charge in [-0.1, -0.05) is 0 Å². The van der Waals surface area contributed by atoms with Crippen LogP contribution in [-0.2, 0) is 7.05 Å². The van der Waals surface area contributed by atoms with Crippen LogP contribution in [0.4, 0.5) is 4.39 Å². The molecule has 0 spiro atoms. The summed E-state index contributed by atoms with van der Waals surface area (Å²) >= 11 is 0. The minimum atomic E-state index is -0.316. The minimum Gasteiger partial charge on any atom is -0.311 e. The number of hydrogen-bond acceptors (Lipinski definition) is 2. The molecule has 1 aliphatic heterocycles. The lowest BCUT2D eigenvalue weighted by molar-refractivity contribution is 0.624. The summed E-state index contributed by atoms with van der Waals surface area (Å²) in [5.74, 6) is -0.316. The van der Waals surface area contributed by atoms with Crippen molar-refractivity contribution < 1.29 is 4.39 Å². The van der Waals surface area contributed by atoms with Gasteiger partial charge in [-0.25, -0.2) is 4.39 Å². The molecule has 1 N–H and O–H groups in total. The first-order valence-electron chi connectivity index (χ1n) is 6.19. The second-order valence-corrected chi connectivity index (χ2v) is 4.82. The quantitative estimate of drug-likeness (QED) is 0.836. The number of fused-ring (bicyclic) bond motifs is 1. The van der Waals surface area contributed by atoms with Crippen molar-refractivity contribution in [3.63, 3.8) is 0 Å². The molecule has 1 aromatic carbocycles. The molecule has 0 amide bonds. The fourth-order valence-electron chi connectivity index (χ4n) is 2.66. The van der Waals surface area contributed by atoms with Crippen LogP contribution < -0.4 is 10.9 Å². The van der Waals surface area contributed by atoms with E-state index in [0.717, 1.165) is 30.3 Å². The van der Waals surface area contributed by atoms with E-state index in [1.54, 1.807) is 13.1 Å². The maximum absolute atomic E-state index is 13.2. The van der Waals surface area contributed by atoms with Crippen molar-refractivity contribution in [2.75, 3.05) is 6.54 Å². The Bertz CT molecular complexity index is 657. The summed E-state index contributed by atoms with van der Waals surface area (Å²) in [5.41, 5.74) is 1.39. The highest BCUT2D eigenvalue weighted by atomic mass is 19.1. The van der Waals surface area contributed by atoms with E-state index >= 15 is 0 Å². The summed E-state index contributed by atoms with van der Waals surface area (Å²) in [4.78, 5) is 12.3. The van der Waals surface area contributed by atoms with Gasteiger partial charge in [0, 0.05) is 18.7 Å². The van der Waals surface area contributed by atoms with Crippen LogP contribution in [-0.4, -0.2) is 11.1 Å². The fourth-order valence-corrected chi connectivity index (χ4v) is 2.66. The van der Waals surface area contributed by atoms with Crippen LogP contribution in [0.3, 0.4) is 0 Å². The third kappa shape index (κ3) is 1.73. The molecule has 2 aromatic rings. The van der Waals surface area contributed by atoms with Gasteiger partial charge in [0.25, 0.3) is 5.56 Å². The first-order valence-corrected chi connectivity index (χ1v) is 6.19. The van der Waals surface area contributed by atoms with Crippen LogP contribution in [0.2, 0.25) is 0 Å². The van der Waals surface area contributed by atoms with Gasteiger partial charge in [-0.3, -0.25) is 4.79 Å². The lowest BCUT2D eigenvalue weighted by Gasteiger charge is -2.13. The van der Waals surface area contributed by atoms with E-state index in [-0.39, 0.29) is 17.4 Å². The second-order valence-electron chi connectivity index (χ2n) is 4.82. The molecule has 18 heavy (non-hydrogen) atoms. The Balaban J connectivity index is 2.25. The van der Waals surface area contributed by atoms with Gasteiger partial charge in [0.15, 0.2) is 0 Å². The lowest BCUT2D eigenvalue weighted by atomic mass is 10.0. The van der Waals surface area contributed by atoms with Crippen molar-refractivity contribution in [3.8, 4) is 0 Å². The van der Waals surface area contributed by atoms with Crippen LogP contribution in [0.1, 0.15) is 24.4 Å². The summed E-state index contributed by atoms with van der Waals surface area (Å²) in [6.07, 6.45) is 2.08. The van der Waals surface area contributed by atoms with Crippen molar-refractivity contribution in [2.24, 2.45) is 7.05 Å². The molecule has 3 nitrogen and oxygen atoms in total. The van der Waals surface area contributed by atoms with Gasteiger partial charge in [0.05, 0.1) is 5.52 Å². The maximum Gasteiger partial charge on any atom is 0.255 e. The molecule has 1 fully saturated rings. The number of benzene rings is 1. The Hall–Kier alpha value is -1.68. The van der Waals surface area contributed by atoms with Gasteiger partial charge >= 0.3 is 0 Å². The lowest BCUT2D eigenvalue weighted by Crippen LogP contribution is -2.27. The number of aromatic nitrogens is 1. The van der Waals surface area contributed by atoms with Crippen LogP contribution in [0, 0.1) is 5.82 Å². The summed E-state index contributed by atoms with van der Waals surface area (Å²) in [5, 5.41) is 4.23. The Morgan fingerprint density at radius 2 is 2.22 bits per heavy atom. The molecule has 3 rings (SSSR count). The Morgan fingerprint density at radius 1 is 1.39 bits per heavy atom. The Kier molecular flexibility index (Phi) is 2.67. The molecule has 0 saturated carbocycles. The van der Waals surface area contributed by atoms with E-state index < -0.39 is 0 Å².